The van der Waals surface area contributed by atoms with Crippen LogP contribution >= 0.6 is 0 Å². The number of nitrogens with zero attached hydrogens (tertiary/aromatic N) is 2. The van der Waals surface area contributed by atoms with Crippen molar-refractivity contribution in [1.29, 1.82) is 0 Å². The average Bonchev–Trinajstić information content (AvgIpc) is 2.83. The number of rotatable bonds is 10. The van der Waals surface area contributed by atoms with Crippen molar-refractivity contribution < 1.29 is 9.47 Å². The van der Waals surface area contributed by atoms with Gasteiger partial charge in [0.05, 0.1) is 31.3 Å². The molecule has 1 atom stereocenters. The molecule has 0 saturated heterocycles. The van der Waals surface area contributed by atoms with Crippen molar-refractivity contribution in [2.75, 3.05) is 34.0 Å². The SMILES string of the molecule is CCCC(COC)n1cncc1CNCCOC. The van der Waals surface area contributed by atoms with Crippen molar-refractivity contribution in [3.8, 4) is 0 Å². The van der Waals surface area contributed by atoms with E-state index in [0.717, 1.165) is 39.1 Å². The van der Waals surface area contributed by atoms with Crippen LogP contribution in [0.4, 0.5) is 0 Å². The van der Waals surface area contributed by atoms with Gasteiger partial charge in [0.15, 0.2) is 0 Å². The largest absolute Gasteiger partial charge is 0.383 e. The molecular formula is C13H25N3O2. The van der Waals surface area contributed by atoms with Crippen molar-refractivity contribution in [2.45, 2.75) is 32.4 Å². The lowest BCUT2D eigenvalue weighted by Gasteiger charge is -2.20. The second-order valence-corrected chi connectivity index (χ2v) is 4.36. The number of nitrogens with one attached hydrogen (secondary N) is 1. The molecule has 18 heavy (non-hydrogen) atoms. The van der Waals surface area contributed by atoms with Crippen molar-refractivity contribution in [3.05, 3.63) is 18.2 Å². The van der Waals surface area contributed by atoms with Gasteiger partial charge in [-0.3, -0.25) is 0 Å². The molecule has 0 aliphatic carbocycles. The van der Waals surface area contributed by atoms with E-state index in [0.29, 0.717) is 6.04 Å². The Bertz CT molecular complexity index is 309. The maximum atomic E-state index is 5.29. The number of ether oxygens (including phenoxy) is 2. The third-order valence-electron chi connectivity index (χ3n) is 2.91. The molecule has 0 spiro atoms. The molecule has 1 aromatic heterocycles. The van der Waals surface area contributed by atoms with Crippen molar-refractivity contribution in [1.82, 2.24) is 14.9 Å². The van der Waals surface area contributed by atoms with Gasteiger partial charge in [-0.2, -0.15) is 0 Å². The maximum absolute atomic E-state index is 5.29. The first kappa shape index (κ1) is 15.1. The van der Waals surface area contributed by atoms with E-state index in [2.05, 4.69) is 21.8 Å². The Balaban J connectivity index is 2.55. The number of hydrogen-bond donors (Lipinski definition) is 1. The first-order valence-electron chi connectivity index (χ1n) is 6.52. The number of methoxy groups -OCH3 is 2. The quantitative estimate of drug-likeness (QED) is 0.645. The highest BCUT2D eigenvalue weighted by Gasteiger charge is 2.13. The first-order valence-corrected chi connectivity index (χ1v) is 6.52. The zero-order chi connectivity index (χ0) is 13.2. The van der Waals surface area contributed by atoms with E-state index >= 15 is 0 Å². The second kappa shape index (κ2) is 9.08. The second-order valence-electron chi connectivity index (χ2n) is 4.36. The van der Waals surface area contributed by atoms with Gasteiger partial charge in [-0.25, -0.2) is 4.98 Å². The molecule has 0 radical (unpaired) electrons. The monoisotopic (exact) mass is 255 g/mol. The van der Waals surface area contributed by atoms with Gasteiger partial charge >= 0.3 is 0 Å². The fraction of sp³-hybridized carbons (Fsp3) is 0.769. The van der Waals surface area contributed by atoms with Crippen LogP contribution in [0.2, 0.25) is 0 Å². The Morgan fingerprint density at radius 1 is 1.39 bits per heavy atom. The maximum Gasteiger partial charge on any atom is 0.0952 e. The normalized spacial score (nSPS) is 12.8. The van der Waals surface area contributed by atoms with E-state index in [1.165, 1.54) is 5.69 Å². The minimum atomic E-state index is 0.377. The molecule has 1 heterocycles. The predicted molar refractivity (Wildman–Crippen MR) is 71.6 cm³/mol. The summed E-state index contributed by atoms with van der Waals surface area (Å²) in [5.74, 6) is 0. The van der Waals surface area contributed by atoms with Crippen LogP contribution in [0.3, 0.4) is 0 Å². The lowest BCUT2D eigenvalue weighted by atomic mass is 10.1. The molecule has 1 aromatic rings. The van der Waals surface area contributed by atoms with Crippen LogP contribution in [0.1, 0.15) is 31.5 Å². The van der Waals surface area contributed by atoms with Crippen LogP contribution in [0, 0.1) is 0 Å². The molecule has 1 unspecified atom stereocenters. The Labute approximate surface area is 109 Å². The molecule has 0 saturated carbocycles. The minimum Gasteiger partial charge on any atom is -0.383 e. The molecule has 0 aliphatic heterocycles. The number of imidazole rings is 1. The summed E-state index contributed by atoms with van der Waals surface area (Å²) in [4.78, 5) is 4.24. The molecule has 0 fully saturated rings. The summed E-state index contributed by atoms with van der Waals surface area (Å²) in [6.45, 7) is 5.31. The zero-order valence-electron chi connectivity index (χ0n) is 11.7. The van der Waals surface area contributed by atoms with Crippen molar-refractivity contribution >= 4 is 0 Å². The van der Waals surface area contributed by atoms with Crippen LogP contribution in [0.25, 0.3) is 0 Å². The molecular weight excluding hydrogens is 230 g/mol. The van der Waals surface area contributed by atoms with Gasteiger partial charge in [-0.05, 0) is 6.42 Å². The third kappa shape index (κ3) is 4.76. The summed E-state index contributed by atoms with van der Waals surface area (Å²) in [5, 5.41) is 3.34. The first-order chi connectivity index (χ1) is 8.83. The number of hydrogen-bond acceptors (Lipinski definition) is 4. The predicted octanol–water partition coefficient (Wildman–Crippen LogP) is 1.61. The van der Waals surface area contributed by atoms with E-state index in [9.17, 15) is 0 Å². The van der Waals surface area contributed by atoms with Gasteiger partial charge < -0.3 is 19.4 Å². The Kier molecular flexibility index (Phi) is 7.64. The summed E-state index contributed by atoms with van der Waals surface area (Å²) in [6, 6.07) is 0.377. The standard InChI is InChI=1S/C13H25N3O2/c1-4-5-12(10-18-3)16-11-15-9-13(16)8-14-6-7-17-2/h9,11-12,14H,4-8,10H2,1-3H3. The highest BCUT2D eigenvalue weighted by atomic mass is 16.5. The highest BCUT2D eigenvalue weighted by molar-refractivity contribution is 5.00. The van der Waals surface area contributed by atoms with Crippen LogP contribution in [0.15, 0.2) is 12.5 Å². The third-order valence-corrected chi connectivity index (χ3v) is 2.91. The summed E-state index contributed by atoms with van der Waals surface area (Å²) < 4.78 is 12.5. The fourth-order valence-electron chi connectivity index (χ4n) is 2.02. The summed E-state index contributed by atoms with van der Waals surface area (Å²) in [6.07, 6.45) is 6.06. The lowest BCUT2D eigenvalue weighted by molar-refractivity contribution is 0.148. The van der Waals surface area contributed by atoms with Crippen LogP contribution in [-0.4, -0.2) is 43.5 Å². The molecule has 0 bridgehead atoms. The highest BCUT2D eigenvalue weighted by Crippen LogP contribution is 2.16. The van der Waals surface area contributed by atoms with Crippen molar-refractivity contribution in [3.63, 3.8) is 0 Å². The van der Waals surface area contributed by atoms with Crippen LogP contribution in [0.5, 0.6) is 0 Å². The Morgan fingerprint density at radius 2 is 2.22 bits per heavy atom. The molecule has 1 rings (SSSR count). The molecule has 0 aliphatic rings. The zero-order valence-corrected chi connectivity index (χ0v) is 11.7. The molecule has 5 nitrogen and oxygen atoms in total. The molecule has 1 N–H and O–H groups in total. The molecule has 0 aromatic carbocycles. The summed E-state index contributed by atoms with van der Waals surface area (Å²) in [5.41, 5.74) is 1.20. The van der Waals surface area contributed by atoms with E-state index in [1.807, 2.05) is 12.5 Å². The van der Waals surface area contributed by atoms with Gasteiger partial charge in [0.1, 0.15) is 0 Å². The minimum absolute atomic E-state index is 0.377. The van der Waals surface area contributed by atoms with Gasteiger partial charge in [0.25, 0.3) is 0 Å². The average molecular weight is 255 g/mol. The van der Waals surface area contributed by atoms with Crippen LogP contribution < -0.4 is 5.32 Å². The topological polar surface area (TPSA) is 48.3 Å². The summed E-state index contributed by atoms with van der Waals surface area (Å²) >= 11 is 0. The molecule has 5 heteroatoms. The van der Waals surface area contributed by atoms with Gasteiger partial charge in [0.2, 0.25) is 0 Å². The Morgan fingerprint density at radius 3 is 2.89 bits per heavy atom. The van der Waals surface area contributed by atoms with Gasteiger partial charge in [-0.1, -0.05) is 13.3 Å². The van der Waals surface area contributed by atoms with E-state index in [1.54, 1.807) is 14.2 Å². The Hall–Kier alpha value is -0.910. The lowest BCUT2D eigenvalue weighted by Crippen LogP contribution is -2.23. The van der Waals surface area contributed by atoms with E-state index in [4.69, 9.17) is 9.47 Å². The van der Waals surface area contributed by atoms with Gasteiger partial charge in [0, 0.05) is 33.5 Å². The van der Waals surface area contributed by atoms with Crippen LogP contribution in [-0.2, 0) is 16.0 Å². The summed E-state index contributed by atoms with van der Waals surface area (Å²) in [7, 11) is 3.46. The van der Waals surface area contributed by atoms with E-state index in [-0.39, 0.29) is 0 Å². The van der Waals surface area contributed by atoms with Gasteiger partial charge in [-0.15, -0.1) is 0 Å². The smallest absolute Gasteiger partial charge is 0.0952 e. The van der Waals surface area contributed by atoms with Crippen molar-refractivity contribution in [2.24, 2.45) is 0 Å². The number of aromatic nitrogens is 2. The fourth-order valence-corrected chi connectivity index (χ4v) is 2.02. The molecule has 0 amide bonds. The van der Waals surface area contributed by atoms with E-state index < -0.39 is 0 Å². The molecule has 104 valence electrons.